The van der Waals surface area contributed by atoms with E-state index < -0.39 is 0 Å². The summed E-state index contributed by atoms with van der Waals surface area (Å²) in [7, 11) is 0. The van der Waals surface area contributed by atoms with Gasteiger partial charge in [0.2, 0.25) is 5.91 Å². The molecule has 2 rings (SSSR count). The van der Waals surface area contributed by atoms with E-state index in [0.29, 0.717) is 18.7 Å². The van der Waals surface area contributed by atoms with Gasteiger partial charge in [-0.3, -0.25) is 4.79 Å². The van der Waals surface area contributed by atoms with E-state index in [1.54, 1.807) is 4.90 Å². The van der Waals surface area contributed by atoms with Gasteiger partial charge in [0.1, 0.15) is 0 Å². The molecule has 1 unspecified atom stereocenters. The molecule has 4 nitrogen and oxygen atoms in total. The molecule has 1 aliphatic rings. The molecule has 0 radical (unpaired) electrons. The average Bonchev–Trinajstić information content (AvgIpc) is 2.63. The van der Waals surface area contributed by atoms with E-state index in [1.165, 1.54) is 0 Å². The molecule has 1 amide bonds. The van der Waals surface area contributed by atoms with Gasteiger partial charge in [-0.25, -0.2) is 0 Å². The Hall–Kier alpha value is -1.55. The number of benzene rings is 1. The van der Waals surface area contributed by atoms with E-state index in [9.17, 15) is 4.79 Å². The molecule has 16 heavy (non-hydrogen) atoms. The number of nitrogens with zero attached hydrogens (tertiary/aromatic N) is 1. The number of amides is 1. The fourth-order valence-corrected chi connectivity index (χ4v) is 2.02. The Morgan fingerprint density at radius 3 is 2.94 bits per heavy atom. The smallest absolute Gasteiger partial charge is 0.227 e. The Labute approximate surface area is 94.7 Å². The summed E-state index contributed by atoms with van der Waals surface area (Å²) in [4.78, 5) is 13.4. The molecule has 1 aromatic carbocycles. The molecule has 86 valence electrons. The van der Waals surface area contributed by atoms with Crippen molar-refractivity contribution in [3.8, 4) is 0 Å². The maximum atomic E-state index is 11.8. The van der Waals surface area contributed by atoms with Crippen LogP contribution in [0.15, 0.2) is 18.2 Å². The number of nitrogen functional groups attached to an aromatic ring is 1. The lowest BCUT2D eigenvalue weighted by atomic mass is 10.1. The van der Waals surface area contributed by atoms with E-state index in [0.717, 1.165) is 11.3 Å². The summed E-state index contributed by atoms with van der Waals surface area (Å²) >= 11 is 0. The number of hydrogen-bond donors (Lipinski definition) is 2. The second-order valence-electron chi connectivity index (χ2n) is 4.32. The second-order valence-corrected chi connectivity index (χ2v) is 4.32. The lowest BCUT2D eigenvalue weighted by Gasteiger charge is -2.19. The van der Waals surface area contributed by atoms with Crippen molar-refractivity contribution in [1.29, 1.82) is 0 Å². The molecule has 1 saturated heterocycles. The molecule has 0 spiro atoms. The molecule has 0 bridgehead atoms. The first kappa shape index (κ1) is 11.0. The van der Waals surface area contributed by atoms with E-state index in [4.69, 9.17) is 10.8 Å². The fraction of sp³-hybridized carbons (Fsp3) is 0.417. The highest BCUT2D eigenvalue weighted by Crippen LogP contribution is 2.30. The third-order valence-electron chi connectivity index (χ3n) is 2.94. The first-order valence-electron chi connectivity index (χ1n) is 5.39. The van der Waals surface area contributed by atoms with Crippen molar-refractivity contribution in [3.05, 3.63) is 23.8 Å². The average molecular weight is 220 g/mol. The molecular formula is C12H16N2O2. The van der Waals surface area contributed by atoms with Gasteiger partial charge in [0.15, 0.2) is 0 Å². The Bertz CT molecular complexity index is 417. The fourth-order valence-electron chi connectivity index (χ4n) is 2.02. The number of aliphatic hydroxyl groups is 1. The first-order valence-corrected chi connectivity index (χ1v) is 5.39. The normalized spacial score (nSPS) is 20.5. The van der Waals surface area contributed by atoms with E-state index in [-0.39, 0.29) is 18.4 Å². The Balaban J connectivity index is 2.30. The van der Waals surface area contributed by atoms with Crippen molar-refractivity contribution in [2.24, 2.45) is 5.92 Å². The molecule has 0 aromatic heterocycles. The van der Waals surface area contributed by atoms with Crippen LogP contribution in [0.5, 0.6) is 0 Å². The summed E-state index contributed by atoms with van der Waals surface area (Å²) in [6, 6.07) is 5.64. The number of carbonyl (C=O) groups is 1. The lowest BCUT2D eigenvalue weighted by molar-refractivity contribution is -0.117. The highest BCUT2D eigenvalue weighted by molar-refractivity contribution is 5.98. The van der Waals surface area contributed by atoms with Gasteiger partial charge in [-0.05, 0) is 24.6 Å². The van der Waals surface area contributed by atoms with Gasteiger partial charge < -0.3 is 15.7 Å². The summed E-state index contributed by atoms with van der Waals surface area (Å²) in [5.41, 5.74) is 8.31. The number of hydrogen-bond acceptors (Lipinski definition) is 3. The van der Waals surface area contributed by atoms with Crippen LogP contribution in [0.3, 0.4) is 0 Å². The number of rotatable bonds is 2. The maximum absolute atomic E-state index is 11.8. The van der Waals surface area contributed by atoms with Crippen LogP contribution in [0.1, 0.15) is 12.0 Å². The largest absolute Gasteiger partial charge is 0.397 e. The summed E-state index contributed by atoms with van der Waals surface area (Å²) in [6.07, 6.45) is 0.407. The summed E-state index contributed by atoms with van der Waals surface area (Å²) < 4.78 is 0. The number of nitrogens with two attached hydrogens (primary N) is 1. The lowest BCUT2D eigenvalue weighted by Crippen LogP contribution is -2.25. The van der Waals surface area contributed by atoms with Crippen LogP contribution < -0.4 is 10.6 Å². The van der Waals surface area contributed by atoms with Crippen molar-refractivity contribution in [2.75, 3.05) is 23.8 Å². The predicted octanol–water partition coefficient (Wildman–Crippen LogP) is 0.922. The Morgan fingerprint density at radius 2 is 2.31 bits per heavy atom. The first-order chi connectivity index (χ1) is 7.61. The van der Waals surface area contributed by atoms with Gasteiger partial charge in [0.05, 0.1) is 11.4 Å². The number of aryl methyl sites for hydroxylation is 1. The molecule has 0 aliphatic carbocycles. The van der Waals surface area contributed by atoms with E-state index in [2.05, 4.69) is 0 Å². The van der Waals surface area contributed by atoms with Crippen LogP contribution in [-0.2, 0) is 4.79 Å². The summed E-state index contributed by atoms with van der Waals surface area (Å²) in [5, 5.41) is 9.06. The SMILES string of the molecule is Cc1ccc(N)c(N2CC(CO)CC2=O)c1. The summed E-state index contributed by atoms with van der Waals surface area (Å²) in [6.45, 7) is 2.57. The molecule has 1 atom stereocenters. The number of carbonyl (C=O) groups excluding carboxylic acids is 1. The van der Waals surface area contributed by atoms with E-state index in [1.807, 2.05) is 25.1 Å². The molecule has 4 heteroatoms. The highest BCUT2D eigenvalue weighted by Gasteiger charge is 2.30. The standard InChI is InChI=1S/C12H16N2O2/c1-8-2-3-10(13)11(4-8)14-6-9(7-15)5-12(14)16/h2-4,9,15H,5-7,13H2,1H3. The number of anilines is 2. The predicted molar refractivity (Wildman–Crippen MR) is 63.1 cm³/mol. The van der Waals surface area contributed by atoms with Gasteiger partial charge in [-0.2, -0.15) is 0 Å². The van der Waals surface area contributed by atoms with Crippen LogP contribution >= 0.6 is 0 Å². The minimum atomic E-state index is 0.0346. The van der Waals surface area contributed by atoms with Gasteiger partial charge in [-0.15, -0.1) is 0 Å². The van der Waals surface area contributed by atoms with E-state index >= 15 is 0 Å². The van der Waals surface area contributed by atoms with Crippen molar-refractivity contribution < 1.29 is 9.90 Å². The van der Waals surface area contributed by atoms with Crippen molar-refractivity contribution in [2.45, 2.75) is 13.3 Å². The zero-order valence-electron chi connectivity index (χ0n) is 9.31. The quantitative estimate of drug-likeness (QED) is 0.728. The van der Waals surface area contributed by atoms with Crippen molar-refractivity contribution in [3.63, 3.8) is 0 Å². The maximum Gasteiger partial charge on any atom is 0.227 e. The molecule has 1 heterocycles. The van der Waals surface area contributed by atoms with Gasteiger partial charge in [-0.1, -0.05) is 6.07 Å². The Morgan fingerprint density at radius 1 is 1.56 bits per heavy atom. The minimum absolute atomic E-state index is 0.0346. The molecule has 3 N–H and O–H groups in total. The second kappa shape index (κ2) is 4.14. The van der Waals surface area contributed by atoms with Crippen LogP contribution in [-0.4, -0.2) is 24.2 Å². The Kier molecular flexibility index (Phi) is 2.83. The zero-order valence-corrected chi connectivity index (χ0v) is 9.31. The van der Waals surface area contributed by atoms with Gasteiger partial charge >= 0.3 is 0 Å². The van der Waals surface area contributed by atoms with Crippen molar-refractivity contribution >= 4 is 17.3 Å². The molecule has 1 aliphatic heterocycles. The number of aliphatic hydroxyl groups excluding tert-OH is 1. The summed E-state index contributed by atoms with van der Waals surface area (Å²) in [5.74, 6) is 0.0729. The van der Waals surface area contributed by atoms with Crippen LogP contribution in [0.4, 0.5) is 11.4 Å². The molecular weight excluding hydrogens is 204 g/mol. The highest BCUT2D eigenvalue weighted by atomic mass is 16.3. The van der Waals surface area contributed by atoms with Crippen LogP contribution in [0, 0.1) is 12.8 Å². The molecule has 0 saturated carbocycles. The van der Waals surface area contributed by atoms with Crippen LogP contribution in [0.25, 0.3) is 0 Å². The molecule has 1 aromatic rings. The third kappa shape index (κ3) is 1.88. The van der Waals surface area contributed by atoms with Crippen molar-refractivity contribution in [1.82, 2.24) is 0 Å². The topological polar surface area (TPSA) is 66.6 Å². The van der Waals surface area contributed by atoms with Gasteiger partial charge in [0, 0.05) is 25.5 Å². The third-order valence-corrected chi connectivity index (χ3v) is 2.94. The zero-order chi connectivity index (χ0) is 11.7. The minimum Gasteiger partial charge on any atom is -0.397 e. The molecule has 1 fully saturated rings. The monoisotopic (exact) mass is 220 g/mol. The van der Waals surface area contributed by atoms with Gasteiger partial charge in [0.25, 0.3) is 0 Å². The van der Waals surface area contributed by atoms with Crippen LogP contribution in [0.2, 0.25) is 0 Å².